The molecule has 0 aliphatic carbocycles. The Morgan fingerprint density at radius 2 is 1.94 bits per heavy atom. The molecule has 0 bridgehead atoms. The van der Waals surface area contributed by atoms with E-state index in [-0.39, 0.29) is 5.82 Å². The molecule has 2 aromatic carbocycles. The van der Waals surface area contributed by atoms with E-state index >= 15 is 0 Å². The zero-order chi connectivity index (χ0) is 13.1. The van der Waals surface area contributed by atoms with Crippen molar-refractivity contribution in [3.8, 4) is 5.75 Å². The maximum absolute atomic E-state index is 13.2. The minimum atomic E-state index is -0.893. The highest BCUT2D eigenvalue weighted by Gasteiger charge is 2.16. The molecule has 94 valence electrons. The lowest BCUT2D eigenvalue weighted by atomic mass is 9.99. The number of hydrogen-bond donors (Lipinski definition) is 1. The van der Waals surface area contributed by atoms with Gasteiger partial charge in [0.05, 0.1) is 7.11 Å². The first kappa shape index (κ1) is 12.6. The predicted molar refractivity (Wildman–Crippen MR) is 68.2 cm³/mol. The minimum Gasteiger partial charge on any atom is -0.496 e. The van der Waals surface area contributed by atoms with Gasteiger partial charge in [0.15, 0.2) is 0 Å². The fraction of sp³-hybridized carbons (Fsp3) is 0.200. The van der Waals surface area contributed by atoms with Gasteiger partial charge in [-0.05, 0) is 36.8 Å². The Bertz CT molecular complexity index is 552. The molecule has 0 saturated heterocycles. The topological polar surface area (TPSA) is 29.5 Å². The smallest absolute Gasteiger partial charge is 0.125 e. The number of halogens is 1. The lowest BCUT2D eigenvalue weighted by Crippen LogP contribution is -2.03. The third kappa shape index (κ3) is 2.51. The van der Waals surface area contributed by atoms with Gasteiger partial charge < -0.3 is 9.84 Å². The average Bonchev–Trinajstić information content (AvgIpc) is 2.38. The molecule has 18 heavy (non-hydrogen) atoms. The molecule has 2 nitrogen and oxygen atoms in total. The summed E-state index contributed by atoms with van der Waals surface area (Å²) in [6.07, 6.45) is -0.893. The molecule has 1 unspecified atom stereocenters. The molecular weight excluding hydrogens is 231 g/mol. The molecule has 0 spiro atoms. The highest BCUT2D eigenvalue weighted by molar-refractivity contribution is 5.42. The van der Waals surface area contributed by atoms with Gasteiger partial charge in [-0.1, -0.05) is 23.8 Å². The number of benzene rings is 2. The zero-order valence-electron chi connectivity index (χ0n) is 10.4. The summed E-state index contributed by atoms with van der Waals surface area (Å²) in [6, 6.07) is 11.5. The van der Waals surface area contributed by atoms with E-state index in [2.05, 4.69) is 0 Å². The van der Waals surface area contributed by atoms with Gasteiger partial charge in [0, 0.05) is 5.56 Å². The second-order valence-electron chi connectivity index (χ2n) is 4.20. The summed E-state index contributed by atoms with van der Waals surface area (Å²) in [6.45, 7) is 1.93. The first-order valence-electron chi connectivity index (χ1n) is 5.70. The molecule has 2 rings (SSSR count). The van der Waals surface area contributed by atoms with Crippen molar-refractivity contribution in [1.29, 1.82) is 0 Å². The van der Waals surface area contributed by atoms with E-state index in [1.54, 1.807) is 25.3 Å². The van der Waals surface area contributed by atoms with E-state index in [0.29, 0.717) is 16.9 Å². The highest BCUT2D eigenvalue weighted by Crippen LogP contribution is 2.30. The first-order chi connectivity index (χ1) is 8.61. The number of ether oxygens (including phenoxy) is 1. The molecule has 0 heterocycles. The average molecular weight is 246 g/mol. The third-order valence-corrected chi connectivity index (χ3v) is 2.84. The summed E-state index contributed by atoms with van der Waals surface area (Å²) in [4.78, 5) is 0. The summed E-state index contributed by atoms with van der Waals surface area (Å²) >= 11 is 0. The Balaban J connectivity index is 2.44. The Kier molecular flexibility index (Phi) is 3.63. The lowest BCUT2D eigenvalue weighted by molar-refractivity contribution is 0.214. The van der Waals surface area contributed by atoms with Crippen LogP contribution in [-0.4, -0.2) is 12.2 Å². The zero-order valence-corrected chi connectivity index (χ0v) is 10.4. The summed E-state index contributed by atoms with van der Waals surface area (Å²) in [7, 11) is 1.55. The van der Waals surface area contributed by atoms with E-state index in [1.807, 2.05) is 19.1 Å². The molecule has 0 radical (unpaired) electrons. The summed E-state index contributed by atoms with van der Waals surface area (Å²) in [5, 5.41) is 10.3. The number of aliphatic hydroxyl groups excluding tert-OH is 1. The van der Waals surface area contributed by atoms with Gasteiger partial charge in [0.2, 0.25) is 0 Å². The Morgan fingerprint density at radius 3 is 2.61 bits per heavy atom. The van der Waals surface area contributed by atoms with Gasteiger partial charge in [-0.15, -0.1) is 0 Å². The minimum absolute atomic E-state index is 0.363. The number of hydrogen-bond acceptors (Lipinski definition) is 2. The Hall–Kier alpha value is -1.87. The monoisotopic (exact) mass is 246 g/mol. The van der Waals surface area contributed by atoms with Gasteiger partial charge in [0.1, 0.15) is 17.7 Å². The van der Waals surface area contributed by atoms with Crippen molar-refractivity contribution in [2.45, 2.75) is 13.0 Å². The molecule has 3 heteroatoms. The number of aliphatic hydroxyl groups is 1. The van der Waals surface area contributed by atoms with Crippen molar-refractivity contribution in [3.05, 3.63) is 65.0 Å². The first-order valence-corrected chi connectivity index (χ1v) is 5.70. The van der Waals surface area contributed by atoms with E-state index < -0.39 is 6.10 Å². The predicted octanol–water partition coefficient (Wildman–Crippen LogP) is 3.22. The molecule has 0 fully saturated rings. The summed E-state index contributed by atoms with van der Waals surface area (Å²) in [5.41, 5.74) is 2.17. The Labute approximate surface area is 106 Å². The summed E-state index contributed by atoms with van der Waals surface area (Å²) < 4.78 is 18.4. The van der Waals surface area contributed by atoms with Crippen LogP contribution in [0.3, 0.4) is 0 Å². The molecule has 2 aromatic rings. The van der Waals surface area contributed by atoms with Gasteiger partial charge in [-0.25, -0.2) is 4.39 Å². The second kappa shape index (κ2) is 5.19. The van der Waals surface area contributed by atoms with Crippen molar-refractivity contribution in [1.82, 2.24) is 0 Å². The quantitative estimate of drug-likeness (QED) is 0.901. The van der Waals surface area contributed by atoms with Gasteiger partial charge in [-0.3, -0.25) is 0 Å². The van der Waals surface area contributed by atoms with Crippen LogP contribution >= 0.6 is 0 Å². The van der Waals surface area contributed by atoms with Crippen LogP contribution in [0.15, 0.2) is 42.5 Å². The highest BCUT2D eigenvalue weighted by atomic mass is 19.1. The standard InChI is InChI=1S/C15H15FO2/c1-10-6-7-14(18-2)13(8-10)15(17)11-4-3-5-12(16)9-11/h3-9,15,17H,1-2H3. The Morgan fingerprint density at radius 1 is 1.17 bits per heavy atom. The molecular formula is C15H15FO2. The SMILES string of the molecule is COc1ccc(C)cc1C(O)c1cccc(F)c1. The van der Waals surface area contributed by atoms with Crippen LogP contribution in [-0.2, 0) is 0 Å². The molecule has 0 amide bonds. The number of aryl methyl sites for hydroxylation is 1. The molecule has 0 saturated carbocycles. The van der Waals surface area contributed by atoms with Crippen LogP contribution in [0.2, 0.25) is 0 Å². The van der Waals surface area contributed by atoms with Crippen molar-refractivity contribution in [3.63, 3.8) is 0 Å². The van der Waals surface area contributed by atoms with Crippen LogP contribution in [0, 0.1) is 12.7 Å². The van der Waals surface area contributed by atoms with E-state index in [0.717, 1.165) is 5.56 Å². The van der Waals surface area contributed by atoms with Crippen LogP contribution in [0.4, 0.5) is 4.39 Å². The maximum Gasteiger partial charge on any atom is 0.125 e. The second-order valence-corrected chi connectivity index (χ2v) is 4.20. The molecule has 1 N–H and O–H groups in total. The fourth-order valence-electron chi connectivity index (χ4n) is 1.92. The molecule has 0 aliphatic rings. The van der Waals surface area contributed by atoms with Crippen molar-refractivity contribution in [2.24, 2.45) is 0 Å². The third-order valence-electron chi connectivity index (χ3n) is 2.84. The van der Waals surface area contributed by atoms with Crippen molar-refractivity contribution in [2.75, 3.05) is 7.11 Å². The van der Waals surface area contributed by atoms with Crippen molar-refractivity contribution < 1.29 is 14.2 Å². The number of methoxy groups -OCH3 is 1. The molecule has 0 aromatic heterocycles. The van der Waals surface area contributed by atoms with Crippen LogP contribution in [0.25, 0.3) is 0 Å². The number of rotatable bonds is 3. The van der Waals surface area contributed by atoms with Crippen LogP contribution in [0.1, 0.15) is 22.8 Å². The van der Waals surface area contributed by atoms with E-state index in [9.17, 15) is 9.50 Å². The van der Waals surface area contributed by atoms with E-state index in [4.69, 9.17) is 4.74 Å². The lowest BCUT2D eigenvalue weighted by Gasteiger charge is -2.16. The van der Waals surface area contributed by atoms with Crippen LogP contribution in [0.5, 0.6) is 5.75 Å². The van der Waals surface area contributed by atoms with Gasteiger partial charge >= 0.3 is 0 Å². The van der Waals surface area contributed by atoms with Gasteiger partial charge in [-0.2, -0.15) is 0 Å². The maximum atomic E-state index is 13.2. The van der Waals surface area contributed by atoms with Gasteiger partial charge in [0.25, 0.3) is 0 Å². The van der Waals surface area contributed by atoms with Crippen LogP contribution < -0.4 is 4.74 Å². The summed E-state index contributed by atoms with van der Waals surface area (Å²) in [5.74, 6) is 0.232. The fourth-order valence-corrected chi connectivity index (χ4v) is 1.92. The van der Waals surface area contributed by atoms with E-state index in [1.165, 1.54) is 12.1 Å². The van der Waals surface area contributed by atoms with Crippen molar-refractivity contribution >= 4 is 0 Å². The molecule has 0 aliphatic heterocycles. The largest absolute Gasteiger partial charge is 0.496 e. The normalized spacial score (nSPS) is 12.2. The molecule has 1 atom stereocenters.